The molecule has 0 aromatic carbocycles. The zero-order valence-electron chi connectivity index (χ0n) is 11.2. The van der Waals surface area contributed by atoms with E-state index >= 15 is 0 Å². The Morgan fingerprint density at radius 2 is 2.00 bits per heavy atom. The summed E-state index contributed by atoms with van der Waals surface area (Å²) in [5, 5.41) is 3.21. The summed E-state index contributed by atoms with van der Waals surface area (Å²) < 4.78 is 0. The normalized spacial score (nSPS) is 32.4. The van der Waals surface area contributed by atoms with Gasteiger partial charge in [-0.2, -0.15) is 0 Å². The smallest absolute Gasteiger partial charge is 0.188 e. The van der Waals surface area contributed by atoms with Crippen LogP contribution >= 0.6 is 24.0 Å². The first-order chi connectivity index (χ1) is 7.44. The molecule has 0 heterocycles. The molecular weight excluding hydrogens is 325 g/mol. The molecule has 0 amide bonds. The molecule has 100 valence electrons. The van der Waals surface area contributed by atoms with Crippen molar-refractivity contribution in [1.29, 1.82) is 0 Å². The minimum Gasteiger partial charge on any atom is -0.370 e. The molecule has 2 aliphatic carbocycles. The topological polar surface area (TPSA) is 50.4 Å². The number of nitrogens with two attached hydrogens (primary N) is 1. The third-order valence-electron chi connectivity index (χ3n) is 3.88. The molecule has 0 aromatic rings. The van der Waals surface area contributed by atoms with Crippen molar-refractivity contribution in [2.75, 3.05) is 6.54 Å². The van der Waals surface area contributed by atoms with Gasteiger partial charge in [0.05, 0.1) is 0 Å². The fourth-order valence-corrected chi connectivity index (χ4v) is 3.24. The minimum absolute atomic E-state index is 0. The standard InChI is InChI=1S/C13H25N3.HI/c1-13(2,3)16-12(14)15-8-11-7-9-4-5-10(11)6-9;/h9-11H,4-8H2,1-3H3,(H3,14,15,16);1H. The summed E-state index contributed by atoms with van der Waals surface area (Å²) in [7, 11) is 0. The first kappa shape index (κ1) is 15.1. The van der Waals surface area contributed by atoms with Gasteiger partial charge in [-0.25, -0.2) is 0 Å². The molecule has 4 heteroatoms. The average Bonchev–Trinajstić information content (AvgIpc) is 2.72. The van der Waals surface area contributed by atoms with Gasteiger partial charge in [0.15, 0.2) is 5.96 Å². The van der Waals surface area contributed by atoms with E-state index in [0.29, 0.717) is 5.96 Å². The van der Waals surface area contributed by atoms with Crippen LogP contribution in [0.5, 0.6) is 0 Å². The number of aliphatic imine (C=N–C) groups is 1. The largest absolute Gasteiger partial charge is 0.370 e. The van der Waals surface area contributed by atoms with E-state index in [1.807, 2.05) is 0 Å². The van der Waals surface area contributed by atoms with Crippen LogP contribution in [0.25, 0.3) is 0 Å². The van der Waals surface area contributed by atoms with Crippen molar-refractivity contribution in [2.45, 2.75) is 52.0 Å². The fraction of sp³-hybridized carbons (Fsp3) is 0.923. The second-order valence-electron chi connectivity index (χ2n) is 6.54. The van der Waals surface area contributed by atoms with Crippen LogP contribution in [0.1, 0.15) is 46.5 Å². The lowest BCUT2D eigenvalue weighted by atomic mass is 9.89. The quantitative estimate of drug-likeness (QED) is 0.457. The van der Waals surface area contributed by atoms with Crippen LogP contribution in [0, 0.1) is 17.8 Å². The average molecular weight is 351 g/mol. The molecule has 0 spiro atoms. The van der Waals surface area contributed by atoms with E-state index < -0.39 is 0 Å². The molecule has 2 rings (SSSR count). The molecule has 3 unspecified atom stereocenters. The maximum atomic E-state index is 5.87. The highest BCUT2D eigenvalue weighted by atomic mass is 127. The Morgan fingerprint density at radius 1 is 1.29 bits per heavy atom. The number of nitrogens with zero attached hydrogens (tertiary/aromatic N) is 1. The molecule has 2 aliphatic rings. The lowest BCUT2D eigenvalue weighted by molar-refractivity contribution is 0.341. The van der Waals surface area contributed by atoms with Crippen molar-refractivity contribution in [3.63, 3.8) is 0 Å². The number of nitrogens with one attached hydrogen (secondary N) is 1. The van der Waals surface area contributed by atoms with Crippen LogP contribution in [0.4, 0.5) is 0 Å². The summed E-state index contributed by atoms with van der Waals surface area (Å²) in [4.78, 5) is 4.49. The second kappa shape index (κ2) is 5.76. The van der Waals surface area contributed by atoms with Gasteiger partial charge in [0.25, 0.3) is 0 Å². The van der Waals surface area contributed by atoms with Crippen LogP contribution in [0.3, 0.4) is 0 Å². The van der Waals surface area contributed by atoms with Gasteiger partial charge in [-0.1, -0.05) is 6.42 Å². The maximum Gasteiger partial charge on any atom is 0.188 e. The first-order valence-electron chi connectivity index (χ1n) is 6.52. The number of rotatable bonds is 2. The van der Waals surface area contributed by atoms with Gasteiger partial charge in [-0.05, 0) is 57.8 Å². The zero-order valence-corrected chi connectivity index (χ0v) is 13.5. The lowest BCUT2D eigenvalue weighted by Gasteiger charge is -2.23. The van der Waals surface area contributed by atoms with Crippen molar-refractivity contribution in [3.8, 4) is 0 Å². The highest BCUT2D eigenvalue weighted by Crippen LogP contribution is 2.48. The summed E-state index contributed by atoms with van der Waals surface area (Å²) in [6.07, 6.45) is 5.72. The van der Waals surface area contributed by atoms with Crippen molar-refractivity contribution in [1.82, 2.24) is 5.32 Å². The van der Waals surface area contributed by atoms with E-state index in [4.69, 9.17) is 5.73 Å². The van der Waals surface area contributed by atoms with E-state index in [2.05, 4.69) is 31.1 Å². The Kier molecular flexibility index (Phi) is 5.10. The van der Waals surface area contributed by atoms with Gasteiger partial charge in [0.2, 0.25) is 0 Å². The zero-order chi connectivity index (χ0) is 11.8. The first-order valence-corrected chi connectivity index (χ1v) is 6.52. The second-order valence-corrected chi connectivity index (χ2v) is 6.54. The summed E-state index contributed by atoms with van der Waals surface area (Å²) in [6, 6.07) is 0. The predicted molar refractivity (Wildman–Crippen MR) is 83.7 cm³/mol. The SMILES string of the molecule is CC(C)(C)NC(N)=NCC1CC2CCC1C2.I. The molecule has 3 N–H and O–H groups in total. The summed E-state index contributed by atoms with van der Waals surface area (Å²) in [6.45, 7) is 7.24. The van der Waals surface area contributed by atoms with E-state index in [1.54, 1.807) is 0 Å². The molecule has 2 saturated carbocycles. The number of fused-ring (bicyclic) bond motifs is 2. The molecule has 3 nitrogen and oxygen atoms in total. The van der Waals surface area contributed by atoms with Crippen molar-refractivity contribution in [2.24, 2.45) is 28.5 Å². The van der Waals surface area contributed by atoms with Gasteiger partial charge in [-0.15, -0.1) is 24.0 Å². The van der Waals surface area contributed by atoms with Crippen molar-refractivity contribution < 1.29 is 0 Å². The Balaban J connectivity index is 0.00000144. The van der Waals surface area contributed by atoms with Crippen molar-refractivity contribution in [3.05, 3.63) is 0 Å². The van der Waals surface area contributed by atoms with Gasteiger partial charge in [0.1, 0.15) is 0 Å². The van der Waals surface area contributed by atoms with E-state index in [0.717, 1.165) is 24.3 Å². The van der Waals surface area contributed by atoms with Crippen LogP contribution in [-0.2, 0) is 0 Å². The van der Waals surface area contributed by atoms with Gasteiger partial charge in [-0.3, -0.25) is 4.99 Å². The van der Waals surface area contributed by atoms with E-state index in [1.165, 1.54) is 25.7 Å². The van der Waals surface area contributed by atoms with Gasteiger partial charge in [0, 0.05) is 12.1 Å². The molecule has 0 aliphatic heterocycles. The predicted octanol–water partition coefficient (Wildman–Crippen LogP) is 2.74. The third-order valence-corrected chi connectivity index (χ3v) is 3.88. The Hall–Kier alpha value is 0. The lowest BCUT2D eigenvalue weighted by Crippen LogP contribution is -2.45. The fourth-order valence-electron chi connectivity index (χ4n) is 3.24. The summed E-state index contributed by atoms with van der Waals surface area (Å²) in [5.74, 6) is 3.35. The van der Waals surface area contributed by atoms with Gasteiger partial charge >= 0.3 is 0 Å². The van der Waals surface area contributed by atoms with Crippen LogP contribution in [0.2, 0.25) is 0 Å². The highest BCUT2D eigenvalue weighted by Gasteiger charge is 2.39. The molecule has 0 radical (unpaired) electrons. The van der Waals surface area contributed by atoms with Gasteiger partial charge < -0.3 is 11.1 Å². The van der Waals surface area contributed by atoms with Crippen molar-refractivity contribution >= 4 is 29.9 Å². The molecule has 17 heavy (non-hydrogen) atoms. The Labute approximate surface area is 122 Å². The highest BCUT2D eigenvalue weighted by molar-refractivity contribution is 14.0. The summed E-state index contributed by atoms with van der Waals surface area (Å²) in [5.41, 5.74) is 5.89. The Bertz CT molecular complexity index is 283. The molecule has 0 aromatic heterocycles. The van der Waals surface area contributed by atoms with Crippen LogP contribution in [0.15, 0.2) is 4.99 Å². The molecule has 3 atom stereocenters. The molecule has 2 fully saturated rings. The minimum atomic E-state index is 0. The van der Waals surface area contributed by atoms with Crippen LogP contribution in [-0.4, -0.2) is 18.0 Å². The monoisotopic (exact) mass is 351 g/mol. The summed E-state index contributed by atoms with van der Waals surface area (Å²) >= 11 is 0. The molecule has 0 saturated heterocycles. The number of guanidine groups is 1. The van der Waals surface area contributed by atoms with E-state index in [9.17, 15) is 0 Å². The number of halogens is 1. The Morgan fingerprint density at radius 3 is 2.47 bits per heavy atom. The molecular formula is C13H26IN3. The van der Waals surface area contributed by atoms with E-state index in [-0.39, 0.29) is 29.5 Å². The maximum absolute atomic E-state index is 5.87. The third kappa shape index (κ3) is 4.30. The molecule has 2 bridgehead atoms. The number of hydrogen-bond donors (Lipinski definition) is 2. The van der Waals surface area contributed by atoms with Crippen LogP contribution < -0.4 is 11.1 Å². The number of hydrogen-bond acceptors (Lipinski definition) is 1.